The minimum atomic E-state index is -1.11. The Morgan fingerprint density at radius 2 is 2.18 bits per heavy atom. The molecule has 1 aromatic carbocycles. The minimum Gasteiger partial charge on any atom is -0.480 e. The molecule has 22 heavy (non-hydrogen) atoms. The summed E-state index contributed by atoms with van der Waals surface area (Å²) in [5.41, 5.74) is 0.332. The number of carboxylic acid groups (broad SMARTS) is 1. The predicted molar refractivity (Wildman–Crippen MR) is 83.6 cm³/mol. The number of nitrogens with one attached hydrogen (secondary N) is 1. The lowest BCUT2D eigenvalue weighted by molar-refractivity contribution is -0.141. The molecule has 2 aromatic rings. The zero-order valence-corrected chi connectivity index (χ0v) is 13.3. The molecule has 7 nitrogen and oxygen atoms in total. The summed E-state index contributed by atoms with van der Waals surface area (Å²) < 4.78 is 2.10. The highest BCUT2D eigenvalue weighted by molar-refractivity contribution is 9.10. The number of aliphatic carboxylic acids is 1. The maximum atomic E-state index is 12.3. The third kappa shape index (κ3) is 3.70. The number of halogens is 1. The lowest BCUT2D eigenvalue weighted by Crippen LogP contribution is -2.39. The van der Waals surface area contributed by atoms with E-state index in [4.69, 9.17) is 5.11 Å². The van der Waals surface area contributed by atoms with Crippen LogP contribution in [0.4, 0.5) is 0 Å². The molecule has 2 rings (SSSR count). The maximum Gasteiger partial charge on any atom is 0.325 e. The predicted octanol–water partition coefficient (Wildman–Crippen LogP) is 1.14. The van der Waals surface area contributed by atoms with Crippen molar-refractivity contribution in [2.45, 2.75) is 25.9 Å². The van der Waals surface area contributed by atoms with Crippen LogP contribution in [-0.4, -0.2) is 32.6 Å². The molecule has 0 aliphatic carbocycles. The first kappa shape index (κ1) is 16.2. The monoisotopic (exact) mass is 367 g/mol. The molecule has 0 aliphatic heterocycles. The molecular formula is C14H14BrN3O4. The van der Waals surface area contributed by atoms with E-state index in [9.17, 15) is 14.4 Å². The molecule has 0 radical (unpaired) electrons. The second kappa shape index (κ2) is 6.69. The average molecular weight is 368 g/mol. The maximum absolute atomic E-state index is 12.3. The molecule has 0 bridgehead atoms. The van der Waals surface area contributed by atoms with E-state index in [2.05, 4.69) is 26.2 Å². The molecule has 1 atom stereocenters. The molecule has 1 heterocycles. The Balaban J connectivity index is 2.12. The third-order valence-corrected chi connectivity index (χ3v) is 3.61. The van der Waals surface area contributed by atoms with E-state index in [1.54, 1.807) is 18.2 Å². The fraction of sp³-hybridized carbons (Fsp3) is 0.286. The van der Waals surface area contributed by atoms with Gasteiger partial charge in [0.05, 0.1) is 17.2 Å². The zero-order valence-electron chi connectivity index (χ0n) is 11.7. The third-order valence-electron chi connectivity index (χ3n) is 3.11. The minimum absolute atomic E-state index is 0.00127. The Morgan fingerprint density at radius 1 is 1.45 bits per heavy atom. The van der Waals surface area contributed by atoms with Crippen molar-refractivity contribution in [1.29, 1.82) is 0 Å². The fourth-order valence-electron chi connectivity index (χ4n) is 1.89. The van der Waals surface area contributed by atoms with Gasteiger partial charge in [-0.2, -0.15) is 0 Å². The number of nitrogens with zero attached hydrogens (tertiary/aromatic N) is 2. The van der Waals surface area contributed by atoms with Gasteiger partial charge in [0.1, 0.15) is 6.04 Å². The van der Waals surface area contributed by atoms with Crippen LogP contribution in [0.5, 0.6) is 0 Å². The molecule has 0 spiro atoms. The smallest absolute Gasteiger partial charge is 0.325 e. The van der Waals surface area contributed by atoms with Gasteiger partial charge in [0.25, 0.3) is 5.56 Å². The number of aromatic nitrogens is 2. The SMILES string of the molecule is C[C@@H](NC(=O)CCn1cnc2ccc(Br)cc2c1=O)C(=O)O. The number of carbonyl (C=O) groups excluding carboxylic acids is 1. The van der Waals surface area contributed by atoms with Gasteiger partial charge < -0.3 is 10.4 Å². The van der Waals surface area contributed by atoms with Gasteiger partial charge in [-0.3, -0.25) is 19.0 Å². The molecule has 8 heteroatoms. The van der Waals surface area contributed by atoms with Crippen molar-refractivity contribution >= 4 is 38.7 Å². The van der Waals surface area contributed by atoms with Gasteiger partial charge in [0.15, 0.2) is 0 Å². The molecular weight excluding hydrogens is 354 g/mol. The van der Waals surface area contributed by atoms with Crippen LogP contribution in [0.3, 0.4) is 0 Å². The van der Waals surface area contributed by atoms with E-state index in [0.29, 0.717) is 10.9 Å². The summed E-state index contributed by atoms with van der Waals surface area (Å²) in [4.78, 5) is 38.8. The number of hydrogen-bond donors (Lipinski definition) is 2. The summed E-state index contributed by atoms with van der Waals surface area (Å²) >= 11 is 3.30. The normalized spacial score (nSPS) is 12.1. The van der Waals surface area contributed by atoms with E-state index >= 15 is 0 Å². The number of benzene rings is 1. The first-order valence-electron chi connectivity index (χ1n) is 6.55. The molecule has 1 amide bonds. The highest BCUT2D eigenvalue weighted by atomic mass is 79.9. The van der Waals surface area contributed by atoms with E-state index in [0.717, 1.165) is 4.47 Å². The first-order chi connectivity index (χ1) is 10.4. The molecule has 0 saturated carbocycles. The van der Waals surface area contributed by atoms with Crippen molar-refractivity contribution < 1.29 is 14.7 Å². The largest absolute Gasteiger partial charge is 0.480 e. The highest BCUT2D eigenvalue weighted by Gasteiger charge is 2.14. The number of rotatable bonds is 5. The lowest BCUT2D eigenvalue weighted by Gasteiger charge is -2.10. The van der Waals surface area contributed by atoms with Crippen LogP contribution in [0.1, 0.15) is 13.3 Å². The second-order valence-corrected chi connectivity index (χ2v) is 5.70. The number of aryl methyl sites for hydroxylation is 1. The van der Waals surface area contributed by atoms with E-state index < -0.39 is 17.9 Å². The molecule has 0 fully saturated rings. The van der Waals surface area contributed by atoms with Gasteiger partial charge >= 0.3 is 5.97 Å². The number of carbonyl (C=O) groups is 2. The standard InChI is InChI=1S/C14H14BrN3O4/c1-8(14(21)22)17-12(19)4-5-18-7-16-11-3-2-9(15)6-10(11)13(18)20/h2-3,6-8H,4-5H2,1H3,(H,17,19)(H,21,22)/t8-/m1/s1. The van der Waals surface area contributed by atoms with Gasteiger partial charge in [0.2, 0.25) is 5.91 Å². The van der Waals surface area contributed by atoms with Gasteiger partial charge in [-0.05, 0) is 25.1 Å². The molecule has 0 aliphatic rings. The first-order valence-corrected chi connectivity index (χ1v) is 7.34. The summed E-state index contributed by atoms with van der Waals surface area (Å²) in [6, 6.07) is 4.23. The van der Waals surface area contributed by atoms with E-state index in [1.807, 2.05) is 0 Å². The van der Waals surface area contributed by atoms with Gasteiger partial charge in [0, 0.05) is 17.4 Å². The van der Waals surface area contributed by atoms with E-state index in [-0.39, 0.29) is 18.5 Å². The van der Waals surface area contributed by atoms with Crippen molar-refractivity contribution in [2.24, 2.45) is 0 Å². The van der Waals surface area contributed by atoms with Crippen molar-refractivity contribution in [3.05, 3.63) is 39.4 Å². The van der Waals surface area contributed by atoms with Crippen molar-refractivity contribution in [3.8, 4) is 0 Å². The Labute approximate surface area is 134 Å². The van der Waals surface area contributed by atoms with Crippen molar-refractivity contribution in [1.82, 2.24) is 14.9 Å². The van der Waals surface area contributed by atoms with Crippen LogP contribution in [0, 0.1) is 0 Å². The fourth-order valence-corrected chi connectivity index (χ4v) is 2.25. The van der Waals surface area contributed by atoms with Crippen LogP contribution >= 0.6 is 15.9 Å². The molecule has 116 valence electrons. The molecule has 2 N–H and O–H groups in total. The zero-order chi connectivity index (χ0) is 16.3. The number of carboxylic acids is 1. The quantitative estimate of drug-likeness (QED) is 0.824. The number of amides is 1. The van der Waals surface area contributed by atoms with Crippen LogP contribution in [0.2, 0.25) is 0 Å². The highest BCUT2D eigenvalue weighted by Crippen LogP contribution is 2.14. The summed E-state index contributed by atoms with van der Waals surface area (Å²) in [6.07, 6.45) is 1.38. The molecule has 1 aromatic heterocycles. The topological polar surface area (TPSA) is 101 Å². The molecule has 0 unspecified atom stereocenters. The lowest BCUT2D eigenvalue weighted by atomic mass is 10.2. The Bertz CT molecular complexity index is 787. The van der Waals surface area contributed by atoms with Crippen LogP contribution in [0.25, 0.3) is 10.9 Å². The van der Waals surface area contributed by atoms with Crippen LogP contribution < -0.4 is 10.9 Å². The Morgan fingerprint density at radius 3 is 2.86 bits per heavy atom. The van der Waals surface area contributed by atoms with Gasteiger partial charge in [-0.25, -0.2) is 4.98 Å². The molecule has 0 saturated heterocycles. The summed E-state index contributed by atoms with van der Waals surface area (Å²) in [6.45, 7) is 1.51. The van der Waals surface area contributed by atoms with Crippen LogP contribution in [-0.2, 0) is 16.1 Å². The Kier molecular flexibility index (Phi) is 4.92. The number of hydrogen-bond acceptors (Lipinski definition) is 4. The van der Waals surface area contributed by atoms with Gasteiger partial charge in [-0.15, -0.1) is 0 Å². The summed E-state index contributed by atoms with van der Waals surface area (Å²) in [5.74, 6) is -1.54. The van der Waals surface area contributed by atoms with Crippen molar-refractivity contribution in [2.75, 3.05) is 0 Å². The summed E-state index contributed by atoms with van der Waals surface area (Å²) in [5, 5.41) is 11.5. The van der Waals surface area contributed by atoms with Gasteiger partial charge in [-0.1, -0.05) is 15.9 Å². The van der Waals surface area contributed by atoms with Crippen LogP contribution in [0.15, 0.2) is 33.8 Å². The number of fused-ring (bicyclic) bond motifs is 1. The Hall–Kier alpha value is -2.22. The second-order valence-electron chi connectivity index (χ2n) is 4.78. The van der Waals surface area contributed by atoms with Crippen molar-refractivity contribution in [3.63, 3.8) is 0 Å². The van der Waals surface area contributed by atoms with E-state index in [1.165, 1.54) is 17.8 Å². The average Bonchev–Trinajstić information content (AvgIpc) is 2.47. The summed E-state index contributed by atoms with van der Waals surface area (Å²) in [7, 11) is 0.